The summed E-state index contributed by atoms with van der Waals surface area (Å²) >= 11 is 1.25. The number of amides is 1. The number of aromatic nitrogens is 3. The van der Waals surface area contributed by atoms with Crippen LogP contribution in [0.25, 0.3) is 11.3 Å². The lowest BCUT2D eigenvalue weighted by atomic mass is 10.2. The lowest BCUT2D eigenvalue weighted by Crippen LogP contribution is -2.14. The van der Waals surface area contributed by atoms with Crippen LogP contribution in [0.3, 0.4) is 0 Å². The zero-order valence-electron chi connectivity index (χ0n) is 13.4. The summed E-state index contributed by atoms with van der Waals surface area (Å²) in [6, 6.07) is 13.0. The van der Waals surface area contributed by atoms with E-state index in [4.69, 9.17) is 0 Å². The summed E-state index contributed by atoms with van der Waals surface area (Å²) in [7, 11) is 0. The van der Waals surface area contributed by atoms with Gasteiger partial charge in [-0.2, -0.15) is 0 Å². The fraction of sp³-hybridized carbons (Fsp3) is 0.0588. The van der Waals surface area contributed by atoms with Gasteiger partial charge in [0.1, 0.15) is 5.03 Å². The summed E-state index contributed by atoms with van der Waals surface area (Å²) in [5, 5.41) is 22.1. The molecule has 0 unspecified atom stereocenters. The Hall–Kier alpha value is -3.33. The van der Waals surface area contributed by atoms with E-state index in [1.807, 2.05) is 18.2 Å². The van der Waals surface area contributed by atoms with Gasteiger partial charge in [-0.05, 0) is 36.4 Å². The molecule has 0 bridgehead atoms. The SMILES string of the molecule is O=C(CSc1ccc(-c2cccnc2)nn1)Nc1ccc([N+](=O)[O-])cc1. The molecule has 3 aromatic rings. The van der Waals surface area contributed by atoms with Crippen molar-refractivity contribution in [3.63, 3.8) is 0 Å². The number of nitro benzene ring substituents is 1. The molecule has 2 aromatic heterocycles. The largest absolute Gasteiger partial charge is 0.325 e. The Morgan fingerprint density at radius 1 is 1.12 bits per heavy atom. The van der Waals surface area contributed by atoms with Crippen LogP contribution >= 0.6 is 11.8 Å². The van der Waals surface area contributed by atoms with Crippen molar-refractivity contribution >= 4 is 29.0 Å². The maximum atomic E-state index is 12.0. The molecule has 1 aromatic carbocycles. The van der Waals surface area contributed by atoms with E-state index in [-0.39, 0.29) is 17.3 Å². The maximum Gasteiger partial charge on any atom is 0.269 e. The predicted molar refractivity (Wildman–Crippen MR) is 97.7 cm³/mol. The summed E-state index contributed by atoms with van der Waals surface area (Å²) in [4.78, 5) is 26.1. The molecule has 3 rings (SSSR count). The minimum atomic E-state index is -0.491. The molecule has 0 spiro atoms. The molecule has 0 aliphatic heterocycles. The van der Waals surface area contributed by atoms with Crippen LogP contribution in [0, 0.1) is 10.1 Å². The van der Waals surface area contributed by atoms with E-state index in [1.54, 1.807) is 18.5 Å². The van der Waals surface area contributed by atoms with Gasteiger partial charge in [0.25, 0.3) is 5.69 Å². The number of pyridine rings is 1. The summed E-state index contributed by atoms with van der Waals surface area (Å²) in [5.74, 6) is -0.0836. The van der Waals surface area contributed by atoms with Crippen LogP contribution in [0.15, 0.2) is 66.0 Å². The molecule has 2 heterocycles. The average Bonchev–Trinajstić information content (AvgIpc) is 2.68. The number of anilines is 1. The molecule has 0 aliphatic rings. The van der Waals surface area contributed by atoms with Crippen LogP contribution in [-0.4, -0.2) is 31.8 Å². The van der Waals surface area contributed by atoms with Gasteiger partial charge in [0.05, 0.1) is 16.4 Å². The Kier molecular flexibility index (Phi) is 5.49. The number of nitrogens with zero attached hydrogens (tertiary/aromatic N) is 4. The number of nitro groups is 1. The molecule has 0 fully saturated rings. The van der Waals surface area contributed by atoms with Gasteiger partial charge in [0.15, 0.2) is 0 Å². The van der Waals surface area contributed by atoms with E-state index in [0.29, 0.717) is 16.4 Å². The maximum absolute atomic E-state index is 12.0. The van der Waals surface area contributed by atoms with Crippen LogP contribution in [0.4, 0.5) is 11.4 Å². The van der Waals surface area contributed by atoms with Crippen molar-refractivity contribution in [3.8, 4) is 11.3 Å². The molecule has 130 valence electrons. The number of hydrogen-bond donors (Lipinski definition) is 1. The van der Waals surface area contributed by atoms with Gasteiger partial charge in [-0.1, -0.05) is 11.8 Å². The Bertz CT molecular complexity index is 902. The number of carbonyl (C=O) groups excluding carboxylic acids is 1. The first-order chi connectivity index (χ1) is 12.6. The van der Waals surface area contributed by atoms with Gasteiger partial charge in [0.2, 0.25) is 5.91 Å². The van der Waals surface area contributed by atoms with E-state index in [1.165, 1.54) is 36.0 Å². The Morgan fingerprint density at radius 3 is 2.54 bits per heavy atom. The highest BCUT2D eigenvalue weighted by Crippen LogP contribution is 2.20. The highest BCUT2D eigenvalue weighted by Gasteiger charge is 2.08. The van der Waals surface area contributed by atoms with Crippen molar-refractivity contribution in [1.29, 1.82) is 0 Å². The van der Waals surface area contributed by atoms with Crippen LogP contribution in [0.1, 0.15) is 0 Å². The number of nitrogens with one attached hydrogen (secondary N) is 1. The van der Waals surface area contributed by atoms with E-state index < -0.39 is 4.92 Å². The molecule has 1 N–H and O–H groups in total. The first-order valence-corrected chi connectivity index (χ1v) is 8.51. The number of non-ortho nitro benzene ring substituents is 1. The Labute approximate surface area is 152 Å². The van der Waals surface area contributed by atoms with Gasteiger partial charge in [-0.3, -0.25) is 19.9 Å². The molecule has 9 heteroatoms. The van der Waals surface area contributed by atoms with Gasteiger partial charge >= 0.3 is 0 Å². The lowest BCUT2D eigenvalue weighted by molar-refractivity contribution is -0.384. The number of rotatable bonds is 6. The fourth-order valence-corrected chi connectivity index (χ4v) is 2.68. The number of thioether (sulfide) groups is 1. The third-order valence-electron chi connectivity index (χ3n) is 3.31. The first kappa shape index (κ1) is 17.5. The number of carbonyl (C=O) groups is 1. The molecule has 26 heavy (non-hydrogen) atoms. The molecule has 0 aliphatic carbocycles. The number of hydrogen-bond acceptors (Lipinski definition) is 7. The highest BCUT2D eigenvalue weighted by molar-refractivity contribution is 7.99. The smallest absolute Gasteiger partial charge is 0.269 e. The summed E-state index contributed by atoms with van der Waals surface area (Å²) in [5.41, 5.74) is 2.05. The van der Waals surface area contributed by atoms with Crippen LogP contribution in [-0.2, 0) is 4.79 Å². The quantitative estimate of drug-likeness (QED) is 0.404. The average molecular weight is 367 g/mol. The summed E-state index contributed by atoms with van der Waals surface area (Å²) in [6.45, 7) is 0. The van der Waals surface area contributed by atoms with Crippen molar-refractivity contribution in [1.82, 2.24) is 15.2 Å². The topological polar surface area (TPSA) is 111 Å². The second-order valence-corrected chi connectivity index (χ2v) is 6.13. The van der Waals surface area contributed by atoms with E-state index >= 15 is 0 Å². The van der Waals surface area contributed by atoms with Crippen molar-refractivity contribution < 1.29 is 9.72 Å². The van der Waals surface area contributed by atoms with Crippen LogP contribution < -0.4 is 5.32 Å². The third kappa shape index (κ3) is 4.61. The lowest BCUT2D eigenvalue weighted by Gasteiger charge is -2.05. The summed E-state index contributed by atoms with van der Waals surface area (Å²) < 4.78 is 0. The van der Waals surface area contributed by atoms with Gasteiger partial charge in [0, 0.05) is 35.8 Å². The molecule has 0 atom stereocenters. The molecule has 1 amide bonds. The second kappa shape index (κ2) is 8.17. The van der Waals surface area contributed by atoms with Crippen molar-refractivity contribution in [2.24, 2.45) is 0 Å². The van der Waals surface area contributed by atoms with E-state index in [2.05, 4.69) is 20.5 Å². The zero-order valence-corrected chi connectivity index (χ0v) is 14.2. The van der Waals surface area contributed by atoms with Crippen LogP contribution in [0.5, 0.6) is 0 Å². The zero-order chi connectivity index (χ0) is 18.4. The predicted octanol–water partition coefficient (Wildman–Crippen LogP) is 3.18. The molecular weight excluding hydrogens is 354 g/mol. The van der Waals surface area contributed by atoms with E-state index in [9.17, 15) is 14.9 Å². The van der Waals surface area contributed by atoms with Crippen molar-refractivity contribution in [2.45, 2.75) is 5.03 Å². The second-order valence-electron chi connectivity index (χ2n) is 5.14. The molecule has 8 nitrogen and oxygen atoms in total. The monoisotopic (exact) mass is 367 g/mol. The van der Waals surface area contributed by atoms with Crippen LogP contribution in [0.2, 0.25) is 0 Å². The standard InChI is InChI=1S/C17H13N5O3S/c23-16(19-13-3-5-14(6-4-13)22(24)25)11-26-17-8-7-15(20-21-17)12-2-1-9-18-10-12/h1-10H,11H2,(H,19,23). The molecular formula is C17H13N5O3S. The minimum absolute atomic E-state index is 0.0265. The van der Waals surface area contributed by atoms with Gasteiger partial charge in [-0.25, -0.2) is 0 Å². The Morgan fingerprint density at radius 2 is 1.92 bits per heavy atom. The first-order valence-electron chi connectivity index (χ1n) is 7.53. The molecule has 0 radical (unpaired) electrons. The summed E-state index contributed by atoms with van der Waals surface area (Å²) in [6.07, 6.45) is 3.39. The normalized spacial score (nSPS) is 10.3. The third-order valence-corrected chi connectivity index (χ3v) is 4.23. The van der Waals surface area contributed by atoms with Crippen molar-refractivity contribution in [3.05, 3.63) is 71.0 Å². The van der Waals surface area contributed by atoms with Gasteiger partial charge in [-0.15, -0.1) is 10.2 Å². The van der Waals surface area contributed by atoms with E-state index in [0.717, 1.165) is 5.56 Å². The fourth-order valence-electron chi connectivity index (χ4n) is 2.07. The molecule has 0 saturated carbocycles. The molecule has 0 saturated heterocycles. The van der Waals surface area contributed by atoms with Gasteiger partial charge < -0.3 is 5.32 Å². The number of benzene rings is 1. The highest BCUT2D eigenvalue weighted by atomic mass is 32.2. The van der Waals surface area contributed by atoms with Crippen molar-refractivity contribution in [2.75, 3.05) is 11.1 Å². The minimum Gasteiger partial charge on any atom is -0.325 e. The Balaban J connectivity index is 1.53.